The molecule has 1 heterocycles. The summed E-state index contributed by atoms with van der Waals surface area (Å²) < 4.78 is 25.5. The molecule has 0 bridgehead atoms. The number of nitrogens with zero attached hydrogens (tertiary/aromatic N) is 2. The summed E-state index contributed by atoms with van der Waals surface area (Å²) in [7, 11) is -3.82. The Bertz CT molecular complexity index is 1150. The summed E-state index contributed by atoms with van der Waals surface area (Å²) in [6.07, 6.45) is 1.18. The van der Waals surface area contributed by atoms with Gasteiger partial charge in [-0.05, 0) is 37.6 Å². The zero-order chi connectivity index (χ0) is 21.0. The van der Waals surface area contributed by atoms with Crippen LogP contribution in [0.2, 0.25) is 0 Å². The van der Waals surface area contributed by atoms with Crippen molar-refractivity contribution in [1.82, 2.24) is 9.97 Å². The fourth-order valence-corrected chi connectivity index (χ4v) is 4.40. The van der Waals surface area contributed by atoms with E-state index in [4.69, 9.17) is 5.73 Å². The third-order valence-electron chi connectivity index (χ3n) is 4.13. The van der Waals surface area contributed by atoms with Gasteiger partial charge in [-0.1, -0.05) is 47.7 Å². The lowest BCUT2D eigenvalue weighted by atomic mass is 10.2. The standard InChI is InChI=1S/C20H20N4O3S2/c1-13-7-9-15(10-8-13)29(26,27)17-11-22-20(24-19(17)21)28-12-18(25)23-16-6-4-3-5-14(16)2/h3-11H,12H2,1-2H3,(H,23,25)(H2,21,22,24). The molecule has 3 aromatic rings. The fourth-order valence-electron chi connectivity index (χ4n) is 2.52. The minimum atomic E-state index is -3.82. The smallest absolute Gasteiger partial charge is 0.234 e. The van der Waals surface area contributed by atoms with Gasteiger partial charge in [0.05, 0.1) is 16.8 Å². The van der Waals surface area contributed by atoms with Crippen LogP contribution in [0, 0.1) is 13.8 Å². The van der Waals surface area contributed by atoms with Gasteiger partial charge in [0.25, 0.3) is 0 Å². The topological polar surface area (TPSA) is 115 Å². The van der Waals surface area contributed by atoms with Crippen LogP contribution in [0.25, 0.3) is 0 Å². The second-order valence-corrected chi connectivity index (χ2v) is 9.23. The van der Waals surface area contributed by atoms with Gasteiger partial charge >= 0.3 is 0 Å². The van der Waals surface area contributed by atoms with Crippen molar-refractivity contribution in [2.45, 2.75) is 28.8 Å². The SMILES string of the molecule is Cc1ccc(S(=O)(=O)c2cnc(SCC(=O)Nc3ccccc3C)nc2N)cc1. The van der Waals surface area contributed by atoms with Crippen LogP contribution in [0.3, 0.4) is 0 Å². The highest BCUT2D eigenvalue weighted by Crippen LogP contribution is 2.26. The van der Waals surface area contributed by atoms with Gasteiger partial charge in [-0.3, -0.25) is 4.79 Å². The van der Waals surface area contributed by atoms with Crippen molar-refractivity contribution in [1.29, 1.82) is 0 Å². The highest BCUT2D eigenvalue weighted by atomic mass is 32.2. The Hall–Kier alpha value is -2.91. The van der Waals surface area contributed by atoms with Gasteiger partial charge < -0.3 is 11.1 Å². The average molecular weight is 429 g/mol. The number of thioether (sulfide) groups is 1. The Labute approximate surface area is 173 Å². The minimum Gasteiger partial charge on any atom is -0.382 e. The van der Waals surface area contributed by atoms with Crippen molar-refractivity contribution in [3.8, 4) is 0 Å². The second kappa shape index (κ2) is 8.62. The first-order valence-electron chi connectivity index (χ1n) is 8.70. The molecule has 2 aromatic carbocycles. The maximum atomic E-state index is 12.7. The van der Waals surface area contributed by atoms with Gasteiger partial charge in [-0.2, -0.15) is 0 Å². The van der Waals surface area contributed by atoms with Crippen LogP contribution in [0.15, 0.2) is 69.7 Å². The van der Waals surface area contributed by atoms with Gasteiger partial charge in [0.1, 0.15) is 10.7 Å². The van der Waals surface area contributed by atoms with Gasteiger partial charge in [0, 0.05) is 5.69 Å². The van der Waals surface area contributed by atoms with Gasteiger partial charge in [0.2, 0.25) is 15.7 Å². The summed E-state index contributed by atoms with van der Waals surface area (Å²) in [6, 6.07) is 13.9. The first kappa shape index (κ1) is 20.8. The summed E-state index contributed by atoms with van der Waals surface area (Å²) in [5, 5.41) is 3.04. The van der Waals surface area contributed by atoms with E-state index in [0.717, 1.165) is 28.6 Å². The second-order valence-electron chi connectivity index (χ2n) is 6.37. The number of nitrogens with one attached hydrogen (secondary N) is 1. The molecule has 0 aliphatic carbocycles. The normalized spacial score (nSPS) is 11.2. The molecule has 3 rings (SSSR count). The Morgan fingerprint density at radius 1 is 1.10 bits per heavy atom. The number of sulfone groups is 1. The van der Waals surface area contributed by atoms with Crippen LogP contribution >= 0.6 is 11.8 Å². The molecular weight excluding hydrogens is 408 g/mol. The lowest BCUT2D eigenvalue weighted by molar-refractivity contribution is -0.113. The molecule has 0 spiro atoms. The summed E-state index contributed by atoms with van der Waals surface area (Å²) in [6.45, 7) is 3.77. The molecule has 7 nitrogen and oxygen atoms in total. The number of anilines is 2. The predicted molar refractivity (Wildman–Crippen MR) is 114 cm³/mol. The fraction of sp³-hybridized carbons (Fsp3) is 0.150. The molecule has 0 fully saturated rings. The number of carbonyl (C=O) groups is 1. The molecule has 0 unspecified atom stereocenters. The molecule has 0 saturated heterocycles. The van der Waals surface area contributed by atoms with Gasteiger partial charge in [0.15, 0.2) is 5.16 Å². The maximum Gasteiger partial charge on any atom is 0.234 e. The molecule has 3 N–H and O–H groups in total. The maximum absolute atomic E-state index is 12.7. The lowest BCUT2D eigenvalue weighted by Crippen LogP contribution is -2.15. The van der Waals surface area contributed by atoms with Crippen LogP contribution in [-0.2, 0) is 14.6 Å². The molecular formula is C20H20N4O3S2. The summed E-state index contributed by atoms with van der Waals surface area (Å²) >= 11 is 1.08. The van der Waals surface area contributed by atoms with Crippen LogP contribution in [0.1, 0.15) is 11.1 Å². The van der Waals surface area contributed by atoms with Crippen molar-refractivity contribution < 1.29 is 13.2 Å². The van der Waals surface area contributed by atoms with Crippen molar-refractivity contribution in [2.75, 3.05) is 16.8 Å². The number of nitrogen functional groups attached to an aromatic ring is 1. The number of para-hydroxylation sites is 1. The Kier molecular flexibility index (Phi) is 6.19. The zero-order valence-electron chi connectivity index (χ0n) is 15.9. The molecule has 0 radical (unpaired) electrons. The number of carbonyl (C=O) groups excluding carboxylic acids is 1. The molecule has 29 heavy (non-hydrogen) atoms. The molecule has 150 valence electrons. The van der Waals surface area contributed by atoms with Crippen LogP contribution in [0.4, 0.5) is 11.5 Å². The highest BCUT2D eigenvalue weighted by Gasteiger charge is 2.22. The van der Waals surface area contributed by atoms with Gasteiger partial charge in [-0.15, -0.1) is 0 Å². The van der Waals surface area contributed by atoms with E-state index < -0.39 is 9.84 Å². The first-order chi connectivity index (χ1) is 13.8. The van der Waals surface area contributed by atoms with Crippen LogP contribution in [-0.4, -0.2) is 30.0 Å². The monoisotopic (exact) mass is 428 g/mol. The number of amides is 1. The number of aryl methyl sites for hydroxylation is 2. The molecule has 1 aromatic heterocycles. The van der Waals surface area contributed by atoms with E-state index in [2.05, 4.69) is 15.3 Å². The molecule has 0 aliphatic rings. The quantitative estimate of drug-likeness (QED) is 0.457. The van der Waals surface area contributed by atoms with Crippen molar-refractivity contribution >= 4 is 39.0 Å². The van der Waals surface area contributed by atoms with Crippen molar-refractivity contribution in [3.63, 3.8) is 0 Å². The Morgan fingerprint density at radius 3 is 2.45 bits per heavy atom. The Morgan fingerprint density at radius 2 is 1.79 bits per heavy atom. The molecule has 0 saturated carbocycles. The van der Waals surface area contributed by atoms with Gasteiger partial charge in [-0.25, -0.2) is 18.4 Å². The summed E-state index contributed by atoms with van der Waals surface area (Å²) in [5.41, 5.74) is 8.52. The van der Waals surface area contributed by atoms with Crippen molar-refractivity contribution in [3.05, 3.63) is 65.9 Å². The van der Waals surface area contributed by atoms with E-state index in [1.807, 2.05) is 38.1 Å². The third-order valence-corrected chi connectivity index (χ3v) is 6.78. The first-order valence-corrected chi connectivity index (χ1v) is 11.2. The molecule has 9 heteroatoms. The largest absolute Gasteiger partial charge is 0.382 e. The van der Waals surface area contributed by atoms with E-state index in [1.165, 1.54) is 18.3 Å². The molecule has 1 amide bonds. The molecule has 0 atom stereocenters. The van der Waals surface area contributed by atoms with Crippen LogP contribution in [0.5, 0.6) is 0 Å². The van der Waals surface area contributed by atoms with Crippen molar-refractivity contribution in [2.24, 2.45) is 0 Å². The summed E-state index contributed by atoms with van der Waals surface area (Å²) in [4.78, 5) is 20.2. The number of nitrogens with two attached hydrogens (primary N) is 1. The Balaban J connectivity index is 1.70. The molecule has 0 aliphatic heterocycles. The van der Waals surface area contributed by atoms with E-state index in [1.54, 1.807) is 12.1 Å². The minimum absolute atomic E-state index is 0.0673. The number of aromatic nitrogens is 2. The average Bonchev–Trinajstić information content (AvgIpc) is 2.68. The number of hydrogen-bond acceptors (Lipinski definition) is 7. The van der Waals surface area contributed by atoms with Crippen LogP contribution < -0.4 is 11.1 Å². The zero-order valence-corrected chi connectivity index (χ0v) is 17.5. The lowest BCUT2D eigenvalue weighted by Gasteiger charge is -2.09. The van der Waals surface area contributed by atoms with E-state index in [0.29, 0.717) is 0 Å². The number of hydrogen-bond donors (Lipinski definition) is 2. The summed E-state index contributed by atoms with van der Waals surface area (Å²) in [5.74, 6) is -0.303. The van der Waals surface area contributed by atoms with E-state index in [9.17, 15) is 13.2 Å². The van der Waals surface area contributed by atoms with E-state index in [-0.39, 0.29) is 32.4 Å². The number of rotatable bonds is 6. The highest BCUT2D eigenvalue weighted by molar-refractivity contribution is 7.99. The predicted octanol–water partition coefficient (Wildman–Crippen LogP) is 3.24. The third kappa shape index (κ3) is 4.93. The number of benzene rings is 2. The van der Waals surface area contributed by atoms with E-state index >= 15 is 0 Å².